The Morgan fingerprint density at radius 2 is 1.71 bits per heavy atom. The number of carbonyl (C=O) groups is 1. The first-order valence-corrected chi connectivity index (χ1v) is 17.0. The molecule has 1 amide bonds. The fraction of sp³-hybridized carbons (Fsp3) is 0.314. The van der Waals surface area contributed by atoms with E-state index in [9.17, 15) is 14.0 Å². The van der Waals surface area contributed by atoms with Crippen LogP contribution < -0.4 is 26.2 Å². The highest BCUT2D eigenvalue weighted by molar-refractivity contribution is 6.39. The third kappa shape index (κ3) is 7.32. The van der Waals surface area contributed by atoms with Crippen molar-refractivity contribution in [3.8, 4) is 39.4 Å². The van der Waals surface area contributed by atoms with Crippen molar-refractivity contribution in [2.75, 3.05) is 26.9 Å². The molecule has 1 atom stereocenters. The molecule has 256 valence electrons. The van der Waals surface area contributed by atoms with E-state index in [0.29, 0.717) is 110 Å². The molecule has 3 aromatic heterocycles. The lowest BCUT2D eigenvalue weighted by Crippen LogP contribution is -2.35. The Morgan fingerprint density at radius 1 is 1.00 bits per heavy atom. The molecule has 5 aromatic rings. The van der Waals surface area contributed by atoms with Gasteiger partial charge >= 0.3 is 0 Å². The first-order valence-electron chi connectivity index (χ1n) is 15.9. The number of hydrogen-bond donors (Lipinski definition) is 3. The maximum atomic E-state index is 13.2. The van der Waals surface area contributed by atoms with E-state index in [1.807, 2.05) is 36.4 Å². The van der Waals surface area contributed by atoms with Crippen LogP contribution in [0.2, 0.25) is 15.1 Å². The van der Waals surface area contributed by atoms with Gasteiger partial charge in [0, 0.05) is 72.2 Å². The van der Waals surface area contributed by atoms with Crippen LogP contribution in [0.25, 0.3) is 39.0 Å². The summed E-state index contributed by atoms with van der Waals surface area (Å²) in [5.74, 6) is 0.955. The van der Waals surface area contributed by atoms with Gasteiger partial charge in [-0.25, -0.2) is 9.50 Å². The monoisotopic (exact) mass is 725 g/mol. The molecule has 0 saturated carbocycles. The minimum Gasteiger partial charge on any atom is -0.481 e. The molecular formula is C35H35Cl3FN7O3. The quantitative estimate of drug-likeness (QED) is 0.124. The van der Waals surface area contributed by atoms with E-state index >= 15 is 0 Å². The van der Waals surface area contributed by atoms with Crippen LogP contribution in [0.1, 0.15) is 30.7 Å². The number of ether oxygens (including phenoxy) is 1. The Kier molecular flexibility index (Phi) is 10.9. The Balaban J connectivity index is 1.29. The number of rotatable bonds is 13. The Bertz CT molecular complexity index is 2080. The highest BCUT2D eigenvalue weighted by Crippen LogP contribution is 2.43. The lowest BCUT2D eigenvalue weighted by molar-refractivity contribution is -0.119. The van der Waals surface area contributed by atoms with Crippen LogP contribution >= 0.6 is 34.8 Å². The maximum Gasteiger partial charge on any atom is 0.277 e. The van der Waals surface area contributed by atoms with E-state index in [1.165, 1.54) is 11.7 Å². The first-order chi connectivity index (χ1) is 23.7. The Morgan fingerprint density at radius 3 is 2.41 bits per heavy atom. The number of carbonyl (C=O) groups excluding carboxylic acids is 1. The number of halogens is 4. The molecule has 0 spiro atoms. The summed E-state index contributed by atoms with van der Waals surface area (Å²) >= 11 is 20.9. The molecule has 1 fully saturated rings. The minimum absolute atomic E-state index is 0.0643. The third-order valence-corrected chi connectivity index (χ3v) is 9.73. The summed E-state index contributed by atoms with van der Waals surface area (Å²) < 4.78 is 21.2. The summed E-state index contributed by atoms with van der Waals surface area (Å²) in [5, 5.41) is 15.4. The molecule has 49 heavy (non-hydrogen) atoms. The summed E-state index contributed by atoms with van der Waals surface area (Å²) in [6, 6.07) is 14.8. The zero-order valence-corrected chi connectivity index (χ0v) is 29.2. The molecule has 0 bridgehead atoms. The molecule has 1 saturated heterocycles. The van der Waals surface area contributed by atoms with Crippen LogP contribution in [0.3, 0.4) is 0 Å². The Hall–Kier alpha value is -4.00. The van der Waals surface area contributed by atoms with Crippen molar-refractivity contribution in [2.45, 2.75) is 38.4 Å². The predicted molar refractivity (Wildman–Crippen MR) is 191 cm³/mol. The number of alkyl halides is 1. The van der Waals surface area contributed by atoms with Gasteiger partial charge in [-0.2, -0.15) is 5.10 Å². The molecule has 0 radical (unpaired) electrons. The number of nitrogens with zero attached hydrogens (tertiary/aromatic N) is 4. The summed E-state index contributed by atoms with van der Waals surface area (Å²) in [5.41, 5.74) is 4.85. The predicted octanol–water partition coefficient (Wildman–Crippen LogP) is 6.22. The van der Waals surface area contributed by atoms with Gasteiger partial charge in [-0.1, -0.05) is 71.2 Å². The molecule has 4 heterocycles. The second-order valence-electron chi connectivity index (χ2n) is 11.8. The number of hydrogen-bond acceptors (Lipinski definition) is 7. The maximum absolute atomic E-state index is 13.2. The van der Waals surface area contributed by atoms with Crippen molar-refractivity contribution in [3.63, 3.8) is 0 Å². The van der Waals surface area contributed by atoms with Crippen LogP contribution in [-0.2, 0) is 24.9 Å². The van der Waals surface area contributed by atoms with Crippen molar-refractivity contribution in [2.24, 2.45) is 7.05 Å². The molecule has 1 aliphatic heterocycles. The van der Waals surface area contributed by atoms with Crippen molar-refractivity contribution >= 4 is 46.2 Å². The van der Waals surface area contributed by atoms with Gasteiger partial charge in [0.1, 0.15) is 11.3 Å². The second-order valence-corrected chi connectivity index (χ2v) is 13.0. The zero-order chi connectivity index (χ0) is 34.7. The van der Waals surface area contributed by atoms with Crippen molar-refractivity contribution in [1.29, 1.82) is 0 Å². The topological polar surface area (TPSA) is 115 Å². The standard InChI is InChI=1S/C35H35Cl3FN7O3/c1-45-30(18-40-13-5-12-39)44-46-19-20(14-29(46)35(45)48)22-6-3-7-23(32(22)37)24-8-4-9-25(33(24)38)28-15-27(36)26(34(43-28)49-2)17-41-16-21-10-11-31(47)42-21/h3-4,6-9,14-15,19,21,40-41H,5,10-13,16-18H2,1-2H3,(H,42,47)/t21-/m0/s1. The third-order valence-electron chi connectivity index (χ3n) is 8.58. The first kappa shape index (κ1) is 34.8. The van der Waals surface area contributed by atoms with Crippen LogP contribution in [0.4, 0.5) is 4.39 Å². The van der Waals surface area contributed by atoms with E-state index in [2.05, 4.69) is 21.0 Å². The molecule has 0 aliphatic carbocycles. The van der Waals surface area contributed by atoms with Crippen LogP contribution in [-0.4, -0.2) is 58.0 Å². The van der Waals surface area contributed by atoms with E-state index < -0.39 is 6.67 Å². The molecule has 10 nitrogen and oxygen atoms in total. The van der Waals surface area contributed by atoms with Gasteiger partial charge < -0.3 is 20.7 Å². The molecule has 3 N–H and O–H groups in total. The summed E-state index contributed by atoms with van der Waals surface area (Å²) in [4.78, 5) is 29.5. The highest BCUT2D eigenvalue weighted by Gasteiger charge is 2.22. The zero-order valence-electron chi connectivity index (χ0n) is 27.0. The summed E-state index contributed by atoms with van der Waals surface area (Å²) in [7, 11) is 3.20. The number of pyridine rings is 1. The molecule has 2 aromatic carbocycles. The molecule has 0 unspecified atom stereocenters. The number of benzene rings is 2. The van der Waals surface area contributed by atoms with E-state index in [-0.39, 0.29) is 17.5 Å². The summed E-state index contributed by atoms with van der Waals surface area (Å²) in [6.45, 7) is 1.41. The van der Waals surface area contributed by atoms with Gasteiger partial charge in [0.25, 0.3) is 5.56 Å². The van der Waals surface area contributed by atoms with Gasteiger partial charge in [0.15, 0.2) is 0 Å². The fourth-order valence-corrected chi connectivity index (χ4v) is 6.87. The van der Waals surface area contributed by atoms with Crippen LogP contribution in [0.5, 0.6) is 5.88 Å². The van der Waals surface area contributed by atoms with Crippen molar-refractivity contribution in [1.82, 2.24) is 35.1 Å². The highest BCUT2D eigenvalue weighted by atomic mass is 35.5. The van der Waals surface area contributed by atoms with E-state index in [1.54, 1.807) is 29.9 Å². The number of amides is 1. The molecule has 1 aliphatic rings. The normalized spacial score (nSPS) is 14.5. The van der Waals surface area contributed by atoms with Crippen LogP contribution in [0, 0.1) is 0 Å². The number of fused-ring (bicyclic) bond motifs is 1. The van der Waals surface area contributed by atoms with Gasteiger partial charge in [-0.05, 0) is 31.5 Å². The fourth-order valence-electron chi connectivity index (χ4n) is 5.96. The van der Waals surface area contributed by atoms with Gasteiger partial charge in [0.05, 0.1) is 41.1 Å². The second kappa shape index (κ2) is 15.3. The van der Waals surface area contributed by atoms with Gasteiger partial charge in [-0.15, -0.1) is 0 Å². The lowest BCUT2D eigenvalue weighted by atomic mass is 9.97. The summed E-state index contributed by atoms with van der Waals surface area (Å²) in [6.07, 6.45) is 3.48. The largest absolute Gasteiger partial charge is 0.481 e. The smallest absolute Gasteiger partial charge is 0.277 e. The van der Waals surface area contributed by atoms with E-state index in [0.717, 1.165) is 6.42 Å². The SMILES string of the molecule is COc1nc(-c2cccc(-c3cccc(-c4cc5c(=O)n(C)c(CNCCCF)nn5c4)c3Cl)c2Cl)cc(Cl)c1CNC[C@@H]1CCC(=O)N1. The minimum atomic E-state index is -0.412. The average Bonchev–Trinajstić information content (AvgIpc) is 3.72. The average molecular weight is 727 g/mol. The molecule has 14 heteroatoms. The van der Waals surface area contributed by atoms with E-state index in [4.69, 9.17) is 44.5 Å². The van der Waals surface area contributed by atoms with Gasteiger partial charge in [0.2, 0.25) is 11.8 Å². The van der Waals surface area contributed by atoms with Crippen LogP contribution in [0.15, 0.2) is 59.5 Å². The molecule has 6 rings (SSSR count). The number of nitrogens with one attached hydrogen (secondary N) is 3. The lowest BCUT2D eigenvalue weighted by Gasteiger charge is -2.16. The number of methoxy groups -OCH3 is 1. The number of aromatic nitrogens is 4. The van der Waals surface area contributed by atoms with Crippen molar-refractivity contribution in [3.05, 3.63) is 91.5 Å². The Labute approximate surface area is 297 Å². The van der Waals surface area contributed by atoms with Gasteiger partial charge in [-0.3, -0.25) is 18.5 Å². The molecular weight excluding hydrogens is 692 g/mol. The van der Waals surface area contributed by atoms with Crippen molar-refractivity contribution < 1.29 is 13.9 Å².